The van der Waals surface area contributed by atoms with E-state index in [0.29, 0.717) is 17.8 Å². The van der Waals surface area contributed by atoms with Crippen LogP contribution in [0.3, 0.4) is 0 Å². The van der Waals surface area contributed by atoms with Gasteiger partial charge in [0.25, 0.3) is 11.5 Å². The fraction of sp³-hybridized carbons (Fsp3) is 0.120. The van der Waals surface area contributed by atoms with E-state index in [4.69, 9.17) is 4.74 Å². The smallest absolute Gasteiger partial charge is 0.416 e. The summed E-state index contributed by atoms with van der Waals surface area (Å²) in [6.07, 6.45) is -0.0835. The number of alkyl halides is 3. The third-order valence-corrected chi connectivity index (χ3v) is 5.09. The molecule has 0 bridgehead atoms. The maximum absolute atomic E-state index is 13.1. The second-order valence-corrected chi connectivity index (χ2v) is 7.68. The van der Waals surface area contributed by atoms with Crippen molar-refractivity contribution in [1.29, 1.82) is 0 Å². The standard InChI is InChI=1S/C25H20F3N5O3/c1-33-24(35)22(21(15-31-33)36-20-7-3-5-18(13-20)25(26,27)28)32-19-6-2-4-17(12-19)23(34)30-14-16-8-10-29-11-9-16/h2-13,15,32H,14H2,1H3,(H,30,34). The summed E-state index contributed by atoms with van der Waals surface area (Å²) < 4.78 is 45.9. The summed E-state index contributed by atoms with van der Waals surface area (Å²) in [6, 6.07) is 14.3. The first-order valence-electron chi connectivity index (χ1n) is 10.7. The van der Waals surface area contributed by atoms with Crippen molar-refractivity contribution in [3.8, 4) is 11.5 Å². The second kappa shape index (κ2) is 10.3. The van der Waals surface area contributed by atoms with Crippen LogP contribution in [0.5, 0.6) is 11.5 Å². The molecule has 2 aromatic heterocycles. The molecular weight excluding hydrogens is 475 g/mol. The molecule has 4 aromatic rings. The van der Waals surface area contributed by atoms with E-state index in [1.807, 2.05) is 0 Å². The molecule has 0 atom stereocenters. The summed E-state index contributed by atoms with van der Waals surface area (Å²) in [5.41, 5.74) is 0.0800. The first-order chi connectivity index (χ1) is 17.2. The summed E-state index contributed by atoms with van der Waals surface area (Å²) in [6.45, 7) is 0.304. The van der Waals surface area contributed by atoms with Gasteiger partial charge in [0.2, 0.25) is 0 Å². The second-order valence-electron chi connectivity index (χ2n) is 7.68. The zero-order valence-electron chi connectivity index (χ0n) is 18.9. The number of benzene rings is 2. The number of hydrogen-bond donors (Lipinski definition) is 2. The molecule has 1 amide bonds. The molecule has 0 spiro atoms. The molecule has 11 heteroatoms. The largest absolute Gasteiger partial charge is 0.453 e. The minimum Gasteiger partial charge on any atom is -0.453 e. The molecule has 4 rings (SSSR count). The fourth-order valence-electron chi connectivity index (χ4n) is 3.25. The Bertz CT molecular complexity index is 1440. The highest BCUT2D eigenvalue weighted by atomic mass is 19.4. The van der Waals surface area contributed by atoms with Crippen LogP contribution in [-0.4, -0.2) is 20.7 Å². The van der Waals surface area contributed by atoms with Gasteiger partial charge in [0, 0.05) is 37.2 Å². The lowest BCUT2D eigenvalue weighted by Gasteiger charge is -2.15. The van der Waals surface area contributed by atoms with Gasteiger partial charge in [-0.1, -0.05) is 12.1 Å². The Morgan fingerprint density at radius 1 is 1.06 bits per heavy atom. The normalized spacial score (nSPS) is 11.1. The van der Waals surface area contributed by atoms with Gasteiger partial charge < -0.3 is 15.4 Å². The number of carbonyl (C=O) groups excluding carboxylic acids is 1. The summed E-state index contributed by atoms with van der Waals surface area (Å²) >= 11 is 0. The van der Waals surface area contributed by atoms with Gasteiger partial charge in [-0.15, -0.1) is 0 Å². The first-order valence-corrected chi connectivity index (χ1v) is 10.7. The monoisotopic (exact) mass is 495 g/mol. The molecule has 184 valence electrons. The SMILES string of the molecule is Cn1ncc(Oc2cccc(C(F)(F)F)c2)c(Nc2cccc(C(=O)NCc3ccncc3)c2)c1=O. The van der Waals surface area contributed by atoms with Crippen LogP contribution in [0, 0.1) is 0 Å². The molecule has 0 aliphatic heterocycles. The van der Waals surface area contributed by atoms with Gasteiger partial charge in [0.15, 0.2) is 11.4 Å². The van der Waals surface area contributed by atoms with Crippen molar-refractivity contribution in [2.45, 2.75) is 12.7 Å². The van der Waals surface area contributed by atoms with Crippen molar-refractivity contribution in [1.82, 2.24) is 20.1 Å². The quantitative estimate of drug-likeness (QED) is 0.387. The molecule has 0 saturated heterocycles. The highest BCUT2D eigenvalue weighted by molar-refractivity contribution is 5.95. The van der Waals surface area contributed by atoms with Gasteiger partial charge in [-0.2, -0.15) is 18.3 Å². The van der Waals surface area contributed by atoms with Gasteiger partial charge >= 0.3 is 6.18 Å². The van der Waals surface area contributed by atoms with Gasteiger partial charge in [-0.25, -0.2) is 4.68 Å². The molecule has 0 radical (unpaired) electrons. The van der Waals surface area contributed by atoms with Gasteiger partial charge in [-0.3, -0.25) is 14.6 Å². The molecule has 36 heavy (non-hydrogen) atoms. The lowest BCUT2D eigenvalue weighted by molar-refractivity contribution is -0.137. The number of pyridine rings is 1. The van der Waals surface area contributed by atoms with Crippen LogP contribution in [0.15, 0.2) is 84.0 Å². The van der Waals surface area contributed by atoms with Crippen molar-refractivity contribution < 1.29 is 22.7 Å². The molecule has 2 N–H and O–H groups in total. The van der Waals surface area contributed by atoms with Gasteiger partial charge in [0.05, 0.1) is 11.8 Å². The number of halogens is 3. The highest BCUT2D eigenvalue weighted by Gasteiger charge is 2.30. The van der Waals surface area contributed by atoms with Gasteiger partial charge in [-0.05, 0) is 54.1 Å². The van der Waals surface area contributed by atoms with Crippen LogP contribution in [0.2, 0.25) is 0 Å². The predicted octanol–water partition coefficient (Wildman–Crippen LogP) is 4.66. The topological polar surface area (TPSA) is 98.1 Å². The number of amides is 1. The average Bonchev–Trinajstić information content (AvgIpc) is 2.87. The molecule has 0 unspecified atom stereocenters. The number of nitrogens with zero attached hydrogens (tertiary/aromatic N) is 3. The number of nitrogens with one attached hydrogen (secondary N) is 2. The molecule has 0 fully saturated rings. The lowest BCUT2D eigenvalue weighted by Crippen LogP contribution is -2.23. The Balaban J connectivity index is 1.57. The van der Waals surface area contributed by atoms with E-state index >= 15 is 0 Å². The van der Waals surface area contributed by atoms with Crippen molar-refractivity contribution in [3.05, 3.63) is 106 Å². The van der Waals surface area contributed by atoms with Crippen LogP contribution in [0.4, 0.5) is 24.5 Å². The number of carbonyl (C=O) groups is 1. The molecule has 8 nitrogen and oxygen atoms in total. The lowest BCUT2D eigenvalue weighted by atomic mass is 10.1. The van der Waals surface area contributed by atoms with E-state index in [1.165, 1.54) is 31.4 Å². The molecule has 2 heterocycles. The van der Waals surface area contributed by atoms with Crippen LogP contribution in [-0.2, 0) is 19.8 Å². The van der Waals surface area contributed by atoms with Crippen molar-refractivity contribution in [3.63, 3.8) is 0 Å². The zero-order valence-corrected chi connectivity index (χ0v) is 18.9. The summed E-state index contributed by atoms with van der Waals surface area (Å²) in [7, 11) is 1.42. The number of hydrogen-bond acceptors (Lipinski definition) is 6. The number of aryl methyl sites for hydroxylation is 1. The number of ether oxygens (including phenoxy) is 1. The van der Waals surface area contributed by atoms with Crippen molar-refractivity contribution in [2.24, 2.45) is 7.05 Å². The maximum atomic E-state index is 13.1. The fourth-order valence-corrected chi connectivity index (χ4v) is 3.25. The van der Waals surface area contributed by atoms with E-state index < -0.39 is 17.3 Å². The van der Waals surface area contributed by atoms with Crippen LogP contribution in [0.25, 0.3) is 0 Å². The van der Waals surface area contributed by atoms with Crippen molar-refractivity contribution >= 4 is 17.3 Å². The highest BCUT2D eigenvalue weighted by Crippen LogP contribution is 2.34. The van der Waals surface area contributed by atoms with E-state index in [2.05, 4.69) is 20.7 Å². The van der Waals surface area contributed by atoms with E-state index in [1.54, 1.807) is 42.7 Å². The summed E-state index contributed by atoms with van der Waals surface area (Å²) in [5, 5.41) is 9.60. The third-order valence-electron chi connectivity index (χ3n) is 5.09. The molecule has 0 aliphatic carbocycles. The van der Waals surface area contributed by atoms with Crippen LogP contribution in [0.1, 0.15) is 21.5 Å². The van der Waals surface area contributed by atoms with Gasteiger partial charge in [0.1, 0.15) is 5.75 Å². The molecule has 2 aromatic carbocycles. The Hall–Kier alpha value is -4.67. The van der Waals surface area contributed by atoms with Crippen molar-refractivity contribution in [2.75, 3.05) is 5.32 Å². The van der Waals surface area contributed by atoms with E-state index in [9.17, 15) is 22.8 Å². The van der Waals surface area contributed by atoms with E-state index in [-0.39, 0.29) is 23.1 Å². The Labute approximate surface area is 203 Å². The molecule has 0 saturated carbocycles. The maximum Gasteiger partial charge on any atom is 0.416 e. The Kier molecular flexibility index (Phi) is 7.00. The first kappa shape index (κ1) is 24.5. The van der Waals surface area contributed by atoms with Crippen LogP contribution >= 0.6 is 0 Å². The average molecular weight is 495 g/mol. The number of rotatable bonds is 7. The number of aromatic nitrogens is 3. The zero-order chi connectivity index (χ0) is 25.7. The molecule has 0 aliphatic rings. The minimum absolute atomic E-state index is 0.0562. The Morgan fingerprint density at radius 2 is 1.81 bits per heavy atom. The summed E-state index contributed by atoms with van der Waals surface area (Å²) in [5.74, 6) is -0.532. The predicted molar refractivity (Wildman–Crippen MR) is 126 cm³/mol. The van der Waals surface area contributed by atoms with Crippen LogP contribution < -0.4 is 20.9 Å². The Morgan fingerprint density at radius 3 is 2.56 bits per heavy atom. The minimum atomic E-state index is -4.55. The number of anilines is 2. The third kappa shape index (κ3) is 5.87. The summed E-state index contributed by atoms with van der Waals surface area (Å²) in [4.78, 5) is 29.3. The van der Waals surface area contributed by atoms with E-state index in [0.717, 1.165) is 22.4 Å². The molecular formula is C25H20F3N5O3.